The third-order valence-corrected chi connectivity index (χ3v) is 5.48. The molecule has 4 rings (SSSR count). The molecule has 0 fully saturated rings. The number of rotatable bonds is 6. The SMILES string of the molecule is Cc1cc(C2=N/C(=C\c3ccc(OCc4ccc(I)cc4)cc3)C(=O)O2)ccc1[N+](=O)[O-]. The maximum absolute atomic E-state index is 12.2. The standard InChI is InChI=1S/C24H17IN2O5/c1-15-12-18(6-11-22(15)27(29)30)23-26-21(24(28)32-23)13-16-4-9-20(10-5-16)31-14-17-2-7-19(25)8-3-17/h2-13H,14H2,1H3/b21-13-. The van der Waals surface area contributed by atoms with Gasteiger partial charge in [0.2, 0.25) is 5.90 Å². The van der Waals surface area contributed by atoms with E-state index in [9.17, 15) is 14.9 Å². The molecule has 1 aliphatic rings. The van der Waals surface area contributed by atoms with Crippen molar-refractivity contribution in [2.45, 2.75) is 13.5 Å². The van der Waals surface area contributed by atoms with Crippen molar-refractivity contribution in [3.05, 3.63) is 108 Å². The fourth-order valence-corrected chi connectivity index (χ4v) is 3.45. The summed E-state index contributed by atoms with van der Waals surface area (Å²) >= 11 is 2.26. The van der Waals surface area contributed by atoms with E-state index in [0.29, 0.717) is 23.5 Å². The number of esters is 1. The molecule has 1 aliphatic heterocycles. The van der Waals surface area contributed by atoms with Crippen LogP contribution in [-0.4, -0.2) is 16.8 Å². The van der Waals surface area contributed by atoms with E-state index >= 15 is 0 Å². The first-order chi connectivity index (χ1) is 15.4. The Morgan fingerprint density at radius 1 is 1.09 bits per heavy atom. The van der Waals surface area contributed by atoms with Crippen molar-refractivity contribution in [2.24, 2.45) is 4.99 Å². The summed E-state index contributed by atoms with van der Waals surface area (Å²) in [4.78, 5) is 27.0. The Hall–Kier alpha value is -3.53. The monoisotopic (exact) mass is 540 g/mol. The number of benzene rings is 3. The van der Waals surface area contributed by atoms with E-state index in [1.807, 2.05) is 48.5 Å². The van der Waals surface area contributed by atoms with Crippen molar-refractivity contribution < 1.29 is 19.2 Å². The Kier molecular flexibility index (Phi) is 6.31. The van der Waals surface area contributed by atoms with Gasteiger partial charge in [-0.25, -0.2) is 9.79 Å². The van der Waals surface area contributed by atoms with Crippen LogP contribution in [0.2, 0.25) is 0 Å². The zero-order chi connectivity index (χ0) is 22.7. The maximum atomic E-state index is 12.2. The summed E-state index contributed by atoms with van der Waals surface area (Å²) in [5.74, 6) is 0.261. The normalized spacial score (nSPS) is 14.2. The molecular weight excluding hydrogens is 523 g/mol. The number of halogens is 1. The number of nitrogens with zero attached hydrogens (tertiary/aromatic N) is 2. The second-order valence-corrected chi connectivity index (χ2v) is 8.32. The molecule has 0 aliphatic carbocycles. The van der Waals surface area contributed by atoms with Gasteiger partial charge in [-0.05, 0) is 83.1 Å². The van der Waals surface area contributed by atoms with Gasteiger partial charge in [-0.2, -0.15) is 0 Å². The molecule has 0 saturated carbocycles. The van der Waals surface area contributed by atoms with Crippen LogP contribution in [0.25, 0.3) is 6.08 Å². The molecule has 0 spiro atoms. The highest BCUT2D eigenvalue weighted by molar-refractivity contribution is 14.1. The fraction of sp³-hybridized carbons (Fsp3) is 0.0833. The number of aliphatic imine (C=N–C) groups is 1. The van der Waals surface area contributed by atoms with Crippen LogP contribution in [0.4, 0.5) is 5.69 Å². The Bertz CT molecular complexity index is 1250. The summed E-state index contributed by atoms with van der Waals surface area (Å²) < 4.78 is 12.2. The minimum Gasteiger partial charge on any atom is -0.489 e. The number of hydrogen-bond donors (Lipinski definition) is 0. The minimum absolute atomic E-state index is 0.00114. The number of aryl methyl sites for hydroxylation is 1. The molecule has 32 heavy (non-hydrogen) atoms. The van der Waals surface area contributed by atoms with Gasteiger partial charge in [-0.15, -0.1) is 0 Å². The molecule has 3 aromatic carbocycles. The molecule has 0 N–H and O–H groups in total. The Balaban J connectivity index is 1.46. The van der Waals surface area contributed by atoms with Crippen LogP contribution >= 0.6 is 22.6 Å². The fourth-order valence-electron chi connectivity index (χ4n) is 3.09. The molecule has 0 radical (unpaired) electrons. The second kappa shape index (κ2) is 9.31. The molecule has 1 heterocycles. The van der Waals surface area contributed by atoms with Crippen molar-refractivity contribution in [3.8, 4) is 5.75 Å². The van der Waals surface area contributed by atoms with Gasteiger partial charge in [0.25, 0.3) is 5.69 Å². The van der Waals surface area contributed by atoms with Crippen molar-refractivity contribution in [1.29, 1.82) is 0 Å². The third kappa shape index (κ3) is 5.02. The predicted molar refractivity (Wildman–Crippen MR) is 128 cm³/mol. The summed E-state index contributed by atoms with van der Waals surface area (Å²) in [6, 6.07) is 19.9. The lowest BCUT2D eigenvalue weighted by Crippen LogP contribution is -2.06. The number of nitro benzene ring substituents is 1. The topological polar surface area (TPSA) is 91.0 Å². The first-order valence-corrected chi connectivity index (χ1v) is 10.7. The van der Waals surface area contributed by atoms with E-state index in [0.717, 1.165) is 11.1 Å². The van der Waals surface area contributed by atoms with Crippen molar-refractivity contribution >= 4 is 46.2 Å². The van der Waals surface area contributed by atoms with Crippen molar-refractivity contribution in [1.82, 2.24) is 0 Å². The van der Waals surface area contributed by atoms with E-state index in [2.05, 4.69) is 27.6 Å². The average molecular weight is 540 g/mol. The number of hydrogen-bond acceptors (Lipinski definition) is 6. The van der Waals surface area contributed by atoms with E-state index < -0.39 is 10.9 Å². The maximum Gasteiger partial charge on any atom is 0.363 e. The summed E-state index contributed by atoms with van der Waals surface area (Å²) in [7, 11) is 0. The van der Waals surface area contributed by atoms with Crippen LogP contribution < -0.4 is 4.74 Å². The van der Waals surface area contributed by atoms with E-state index in [-0.39, 0.29) is 17.3 Å². The Morgan fingerprint density at radius 3 is 2.47 bits per heavy atom. The van der Waals surface area contributed by atoms with Gasteiger partial charge in [0.05, 0.1) is 4.92 Å². The number of cyclic esters (lactones) is 1. The Morgan fingerprint density at radius 2 is 1.81 bits per heavy atom. The summed E-state index contributed by atoms with van der Waals surface area (Å²) in [6.07, 6.45) is 1.62. The summed E-state index contributed by atoms with van der Waals surface area (Å²) in [5, 5.41) is 11.0. The van der Waals surface area contributed by atoms with Crippen LogP contribution in [0.5, 0.6) is 5.75 Å². The van der Waals surface area contributed by atoms with Gasteiger partial charge in [-0.1, -0.05) is 24.3 Å². The molecule has 0 amide bonds. The molecule has 0 aromatic heterocycles. The van der Waals surface area contributed by atoms with Gasteiger partial charge >= 0.3 is 5.97 Å². The molecule has 3 aromatic rings. The lowest BCUT2D eigenvalue weighted by molar-refractivity contribution is -0.385. The predicted octanol–water partition coefficient (Wildman–Crippen LogP) is 5.43. The lowest BCUT2D eigenvalue weighted by Gasteiger charge is -2.06. The molecule has 0 unspecified atom stereocenters. The Labute approximate surface area is 197 Å². The van der Waals surface area contributed by atoms with Crippen LogP contribution in [0.1, 0.15) is 22.3 Å². The molecule has 0 atom stereocenters. The molecule has 0 bridgehead atoms. The zero-order valence-electron chi connectivity index (χ0n) is 16.9. The molecular formula is C24H17IN2O5. The van der Waals surface area contributed by atoms with Gasteiger partial charge in [0, 0.05) is 20.8 Å². The van der Waals surface area contributed by atoms with Crippen molar-refractivity contribution in [2.75, 3.05) is 0 Å². The first-order valence-electron chi connectivity index (χ1n) is 9.64. The third-order valence-electron chi connectivity index (χ3n) is 4.76. The molecule has 7 nitrogen and oxygen atoms in total. The largest absolute Gasteiger partial charge is 0.489 e. The second-order valence-electron chi connectivity index (χ2n) is 7.08. The number of carbonyl (C=O) groups excluding carboxylic acids is 1. The van der Waals surface area contributed by atoms with Gasteiger partial charge in [-0.3, -0.25) is 10.1 Å². The number of nitro groups is 1. The van der Waals surface area contributed by atoms with Crippen LogP contribution in [-0.2, 0) is 16.1 Å². The van der Waals surface area contributed by atoms with Gasteiger partial charge in [0.15, 0.2) is 5.70 Å². The van der Waals surface area contributed by atoms with E-state index in [1.165, 1.54) is 15.7 Å². The summed E-state index contributed by atoms with van der Waals surface area (Å²) in [5.41, 5.74) is 2.97. The smallest absolute Gasteiger partial charge is 0.363 e. The number of carbonyl (C=O) groups is 1. The average Bonchev–Trinajstić information content (AvgIpc) is 3.14. The highest BCUT2D eigenvalue weighted by atomic mass is 127. The lowest BCUT2D eigenvalue weighted by atomic mass is 10.1. The quantitative estimate of drug-likeness (QED) is 0.137. The van der Waals surface area contributed by atoms with Crippen LogP contribution in [0, 0.1) is 20.6 Å². The van der Waals surface area contributed by atoms with Gasteiger partial charge in [0.1, 0.15) is 12.4 Å². The van der Waals surface area contributed by atoms with E-state index in [1.54, 1.807) is 19.1 Å². The molecule has 0 saturated heterocycles. The van der Waals surface area contributed by atoms with Gasteiger partial charge < -0.3 is 9.47 Å². The zero-order valence-corrected chi connectivity index (χ0v) is 19.1. The summed E-state index contributed by atoms with van der Waals surface area (Å²) in [6.45, 7) is 2.09. The van der Waals surface area contributed by atoms with Crippen LogP contribution in [0.3, 0.4) is 0 Å². The van der Waals surface area contributed by atoms with Crippen molar-refractivity contribution in [3.63, 3.8) is 0 Å². The number of ether oxygens (including phenoxy) is 2. The molecule has 8 heteroatoms. The first kappa shape index (κ1) is 21.7. The highest BCUT2D eigenvalue weighted by Crippen LogP contribution is 2.24. The molecule has 160 valence electrons. The van der Waals surface area contributed by atoms with E-state index in [4.69, 9.17) is 9.47 Å². The minimum atomic E-state index is -0.574. The highest BCUT2D eigenvalue weighted by Gasteiger charge is 2.25. The van der Waals surface area contributed by atoms with Crippen LogP contribution in [0.15, 0.2) is 77.4 Å².